The number of carbonyl (C=O) groups is 1. The lowest BCUT2D eigenvalue weighted by Gasteiger charge is -2.39. The Labute approximate surface area is 118 Å². The number of carbonyl (C=O) groups excluding carboxylic acids is 1. The van der Waals surface area contributed by atoms with Crippen molar-refractivity contribution in [3.63, 3.8) is 0 Å². The van der Waals surface area contributed by atoms with Crippen molar-refractivity contribution < 1.29 is 4.79 Å². The maximum atomic E-state index is 11.7. The molecule has 0 radical (unpaired) electrons. The molecule has 0 N–H and O–H groups in total. The molecule has 2 saturated carbocycles. The van der Waals surface area contributed by atoms with Crippen LogP contribution in [0.3, 0.4) is 0 Å². The van der Waals surface area contributed by atoms with Crippen molar-refractivity contribution in [2.75, 3.05) is 13.1 Å². The molecule has 2 fully saturated rings. The van der Waals surface area contributed by atoms with Crippen molar-refractivity contribution in [3.05, 3.63) is 0 Å². The highest BCUT2D eigenvalue weighted by molar-refractivity contribution is 5.60. The number of nitrogens with zero attached hydrogens (tertiary/aromatic N) is 1. The summed E-state index contributed by atoms with van der Waals surface area (Å²) in [5.74, 6) is 1.58. The van der Waals surface area contributed by atoms with Crippen molar-refractivity contribution in [3.8, 4) is 0 Å². The van der Waals surface area contributed by atoms with Gasteiger partial charge < -0.3 is 4.79 Å². The Bertz CT molecular complexity index is 288. The van der Waals surface area contributed by atoms with E-state index < -0.39 is 0 Å². The smallest absolute Gasteiger partial charge is 0.127 e. The minimum atomic E-state index is -0.0217. The Morgan fingerprint density at radius 1 is 1.21 bits per heavy atom. The first-order valence-corrected chi connectivity index (χ1v) is 8.25. The fourth-order valence-electron chi connectivity index (χ4n) is 3.31. The van der Waals surface area contributed by atoms with Gasteiger partial charge in [-0.2, -0.15) is 0 Å². The zero-order valence-corrected chi connectivity index (χ0v) is 13.0. The predicted molar refractivity (Wildman–Crippen MR) is 80.2 cm³/mol. The first-order chi connectivity index (χ1) is 9.04. The Morgan fingerprint density at radius 2 is 1.84 bits per heavy atom. The van der Waals surface area contributed by atoms with Gasteiger partial charge in [0.15, 0.2) is 0 Å². The third-order valence-electron chi connectivity index (χ3n) is 5.09. The summed E-state index contributed by atoms with van der Waals surface area (Å²) in [6.45, 7) is 9.13. The molecule has 19 heavy (non-hydrogen) atoms. The Hall–Kier alpha value is -0.370. The minimum Gasteiger partial charge on any atom is -0.303 e. The number of hydrogen-bond acceptors (Lipinski definition) is 2. The summed E-state index contributed by atoms with van der Waals surface area (Å²) in [4.78, 5) is 14.3. The molecule has 0 atom stereocenters. The quantitative estimate of drug-likeness (QED) is 0.651. The number of hydrogen-bond donors (Lipinski definition) is 0. The van der Waals surface area contributed by atoms with E-state index in [1.165, 1.54) is 44.9 Å². The lowest BCUT2D eigenvalue weighted by atomic mass is 9.71. The first-order valence-electron chi connectivity index (χ1n) is 8.25. The fourth-order valence-corrected chi connectivity index (χ4v) is 3.31. The van der Waals surface area contributed by atoms with Crippen LogP contribution in [0.15, 0.2) is 0 Å². The molecule has 2 aliphatic carbocycles. The van der Waals surface area contributed by atoms with Gasteiger partial charge in [-0.05, 0) is 63.3 Å². The van der Waals surface area contributed by atoms with Gasteiger partial charge in [0.1, 0.15) is 6.29 Å². The lowest BCUT2D eigenvalue weighted by Crippen LogP contribution is -2.43. The summed E-state index contributed by atoms with van der Waals surface area (Å²) in [6.07, 6.45) is 9.96. The molecule has 0 saturated heterocycles. The SMILES string of the molecule is CC(C)CCN(CC1(C=O)CCC(C)CC1)C1CC1. The van der Waals surface area contributed by atoms with Crippen molar-refractivity contribution in [1.29, 1.82) is 0 Å². The van der Waals surface area contributed by atoms with E-state index in [1.807, 2.05) is 0 Å². The topological polar surface area (TPSA) is 20.3 Å². The van der Waals surface area contributed by atoms with Crippen molar-refractivity contribution in [2.45, 2.75) is 71.8 Å². The van der Waals surface area contributed by atoms with E-state index >= 15 is 0 Å². The average Bonchev–Trinajstić information content (AvgIpc) is 3.21. The molecular formula is C17H31NO. The van der Waals surface area contributed by atoms with Crippen LogP contribution in [0.1, 0.15) is 65.7 Å². The molecule has 110 valence electrons. The maximum absolute atomic E-state index is 11.7. The monoisotopic (exact) mass is 265 g/mol. The van der Waals surface area contributed by atoms with Gasteiger partial charge in [0.2, 0.25) is 0 Å². The summed E-state index contributed by atoms with van der Waals surface area (Å²) in [7, 11) is 0. The molecule has 0 unspecified atom stereocenters. The molecule has 0 heterocycles. The van der Waals surface area contributed by atoms with E-state index in [-0.39, 0.29) is 5.41 Å². The number of rotatable bonds is 7. The highest BCUT2D eigenvalue weighted by atomic mass is 16.1. The van der Waals surface area contributed by atoms with Gasteiger partial charge in [-0.1, -0.05) is 20.8 Å². The Balaban J connectivity index is 1.92. The molecule has 0 bridgehead atoms. The van der Waals surface area contributed by atoms with Crippen molar-refractivity contribution in [2.24, 2.45) is 17.3 Å². The van der Waals surface area contributed by atoms with Gasteiger partial charge >= 0.3 is 0 Å². The van der Waals surface area contributed by atoms with Crippen molar-refractivity contribution >= 4 is 6.29 Å². The second-order valence-corrected chi connectivity index (χ2v) is 7.55. The van der Waals surface area contributed by atoms with Crippen LogP contribution in [0.25, 0.3) is 0 Å². The van der Waals surface area contributed by atoms with E-state index in [9.17, 15) is 4.79 Å². The molecule has 0 aliphatic heterocycles. The zero-order valence-electron chi connectivity index (χ0n) is 13.0. The van der Waals surface area contributed by atoms with E-state index in [2.05, 4.69) is 25.7 Å². The molecule has 2 nitrogen and oxygen atoms in total. The van der Waals surface area contributed by atoms with Crippen LogP contribution < -0.4 is 0 Å². The molecule has 0 aromatic heterocycles. The second kappa shape index (κ2) is 6.39. The fraction of sp³-hybridized carbons (Fsp3) is 0.941. The summed E-state index contributed by atoms with van der Waals surface area (Å²) in [5.41, 5.74) is -0.0217. The van der Waals surface area contributed by atoms with Crippen LogP contribution in [0.5, 0.6) is 0 Å². The van der Waals surface area contributed by atoms with E-state index in [0.717, 1.165) is 37.3 Å². The zero-order chi connectivity index (χ0) is 13.9. The van der Waals surface area contributed by atoms with Crippen LogP contribution in [0.4, 0.5) is 0 Å². The summed E-state index contributed by atoms with van der Waals surface area (Å²) >= 11 is 0. The summed E-state index contributed by atoms with van der Waals surface area (Å²) in [5, 5.41) is 0. The van der Waals surface area contributed by atoms with Crippen LogP contribution in [-0.4, -0.2) is 30.3 Å². The van der Waals surface area contributed by atoms with Gasteiger partial charge in [0.25, 0.3) is 0 Å². The number of aldehydes is 1. The third kappa shape index (κ3) is 4.30. The van der Waals surface area contributed by atoms with Gasteiger partial charge in [0.05, 0.1) is 0 Å². The minimum absolute atomic E-state index is 0.0217. The van der Waals surface area contributed by atoms with E-state index in [4.69, 9.17) is 0 Å². The standard InChI is InChI=1S/C17H31NO/c1-14(2)8-11-18(16-4-5-16)12-17(13-19)9-6-15(3)7-10-17/h13-16H,4-12H2,1-3H3. The van der Waals surface area contributed by atoms with E-state index in [0.29, 0.717) is 0 Å². The van der Waals surface area contributed by atoms with Gasteiger partial charge in [-0.15, -0.1) is 0 Å². The normalized spacial score (nSPS) is 31.9. The van der Waals surface area contributed by atoms with Crippen LogP contribution in [0, 0.1) is 17.3 Å². The molecule has 0 aromatic rings. The van der Waals surface area contributed by atoms with Crippen LogP contribution >= 0.6 is 0 Å². The predicted octanol–water partition coefficient (Wildman–Crippen LogP) is 3.89. The largest absolute Gasteiger partial charge is 0.303 e. The van der Waals surface area contributed by atoms with Crippen LogP contribution in [-0.2, 0) is 4.79 Å². The third-order valence-corrected chi connectivity index (χ3v) is 5.09. The first kappa shape index (κ1) is 15.0. The molecule has 0 aromatic carbocycles. The van der Waals surface area contributed by atoms with Gasteiger partial charge in [-0.3, -0.25) is 4.90 Å². The summed E-state index contributed by atoms with van der Waals surface area (Å²) in [6, 6.07) is 0.787. The van der Waals surface area contributed by atoms with Crippen LogP contribution in [0.2, 0.25) is 0 Å². The van der Waals surface area contributed by atoms with Gasteiger partial charge in [0, 0.05) is 18.0 Å². The van der Waals surface area contributed by atoms with Gasteiger partial charge in [-0.25, -0.2) is 0 Å². The molecule has 2 heteroatoms. The molecule has 2 rings (SSSR count). The lowest BCUT2D eigenvalue weighted by molar-refractivity contribution is -0.119. The Kier molecular flexibility index (Phi) is 5.05. The van der Waals surface area contributed by atoms with Crippen molar-refractivity contribution in [1.82, 2.24) is 4.90 Å². The molecule has 0 amide bonds. The molecule has 2 aliphatic rings. The van der Waals surface area contributed by atoms with E-state index in [1.54, 1.807) is 0 Å². The highest BCUT2D eigenvalue weighted by Crippen LogP contribution is 2.40. The average molecular weight is 265 g/mol. The molecular weight excluding hydrogens is 234 g/mol. The highest BCUT2D eigenvalue weighted by Gasteiger charge is 2.39. The molecule has 0 spiro atoms. The second-order valence-electron chi connectivity index (χ2n) is 7.55. The Morgan fingerprint density at radius 3 is 2.32 bits per heavy atom. The maximum Gasteiger partial charge on any atom is 0.127 e. The summed E-state index contributed by atoms with van der Waals surface area (Å²) < 4.78 is 0.